The van der Waals surface area contributed by atoms with Crippen molar-refractivity contribution in [2.75, 3.05) is 28.4 Å². The summed E-state index contributed by atoms with van der Waals surface area (Å²) in [6, 6.07) is 9.60. The minimum absolute atomic E-state index is 0.108. The van der Waals surface area contributed by atoms with Crippen LogP contribution in [-0.2, 0) is 9.47 Å². The highest BCUT2D eigenvalue weighted by molar-refractivity contribution is 9.10. The van der Waals surface area contributed by atoms with Crippen LogP contribution >= 0.6 is 15.9 Å². The smallest absolute Gasteiger partial charge is 0.337 e. The summed E-state index contributed by atoms with van der Waals surface area (Å²) >= 11 is 3.28. The maximum Gasteiger partial charge on any atom is 0.337 e. The van der Waals surface area contributed by atoms with Crippen molar-refractivity contribution < 1.29 is 33.3 Å². The summed E-state index contributed by atoms with van der Waals surface area (Å²) in [7, 11) is 5.63. The lowest BCUT2D eigenvalue weighted by molar-refractivity contribution is 0.0591. The van der Waals surface area contributed by atoms with Crippen LogP contribution in [0.3, 0.4) is 0 Å². The van der Waals surface area contributed by atoms with E-state index in [4.69, 9.17) is 9.47 Å². The molecule has 8 heteroatoms. The second-order valence-electron chi connectivity index (χ2n) is 5.30. The molecule has 7 nitrogen and oxygen atoms in total. The number of rotatable bonds is 5. The Hall–Kier alpha value is -2.87. The summed E-state index contributed by atoms with van der Waals surface area (Å²) in [4.78, 5) is 33.5. The third kappa shape index (κ3) is 6.09. The van der Waals surface area contributed by atoms with Crippen molar-refractivity contribution >= 4 is 33.7 Å². The van der Waals surface area contributed by atoms with E-state index in [-0.39, 0.29) is 11.8 Å². The quantitative estimate of drug-likeness (QED) is 0.501. The molecule has 0 saturated carbocycles. The van der Waals surface area contributed by atoms with Gasteiger partial charge in [0.2, 0.25) is 0 Å². The SMILES string of the molecule is COC(=O)c1ccc(Br)c(OC)c1.COC(=O)c1ccc(C(C)=O)c(OC)c1. The van der Waals surface area contributed by atoms with E-state index in [1.807, 2.05) is 0 Å². The molecule has 0 unspecified atom stereocenters. The molecule has 0 bridgehead atoms. The highest BCUT2D eigenvalue weighted by Gasteiger charge is 2.12. The van der Waals surface area contributed by atoms with Crippen LogP contribution in [0.4, 0.5) is 0 Å². The Balaban J connectivity index is 0.000000283. The van der Waals surface area contributed by atoms with Crippen LogP contribution in [0.1, 0.15) is 38.0 Å². The zero-order valence-corrected chi connectivity index (χ0v) is 17.8. The number of methoxy groups -OCH3 is 4. The third-order valence-electron chi connectivity index (χ3n) is 3.57. The molecule has 0 N–H and O–H groups in total. The number of Topliss-reactive ketones (excluding diaryl/α,β-unsaturated/α-hetero) is 1. The topological polar surface area (TPSA) is 88.1 Å². The fraction of sp³-hybridized carbons (Fsp3) is 0.250. The van der Waals surface area contributed by atoms with E-state index in [1.54, 1.807) is 31.4 Å². The molecule has 0 saturated heterocycles. The van der Waals surface area contributed by atoms with Crippen molar-refractivity contribution in [3.63, 3.8) is 0 Å². The minimum Gasteiger partial charge on any atom is -0.496 e. The average molecular weight is 453 g/mol. The standard InChI is InChI=1S/C11H12O4.C9H9BrO3/c1-7(12)9-5-4-8(11(13)15-3)6-10(9)14-2;1-12-8-5-6(9(11)13-2)3-4-7(8)10/h4-6H,1-3H3;3-5H,1-2H3. The van der Waals surface area contributed by atoms with Crippen LogP contribution in [-0.4, -0.2) is 46.2 Å². The van der Waals surface area contributed by atoms with E-state index < -0.39 is 5.97 Å². The highest BCUT2D eigenvalue weighted by Crippen LogP contribution is 2.25. The molecule has 0 fully saturated rings. The Morgan fingerprint density at radius 1 is 0.750 bits per heavy atom. The first-order valence-corrected chi connectivity index (χ1v) is 8.77. The Labute approximate surface area is 171 Å². The predicted octanol–water partition coefficient (Wildman–Crippen LogP) is 3.93. The van der Waals surface area contributed by atoms with Crippen LogP contribution in [0.25, 0.3) is 0 Å². The Kier molecular flexibility index (Phi) is 9.17. The number of benzene rings is 2. The number of hydrogen-bond acceptors (Lipinski definition) is 7. The number of carbonyl (C=O) groups is 3. The summed E-state index contributed by atoms with van der Waals surface area (Å²) in [6.45, 7) is 1.44. The largest absolute Gasteiger partial charge is 0.496 e. The first-order valence-electron chi connectivity index (χ1n) is 7.98. The predicted molar refractivity (Wildman–Crippen MR) is 106 cm³/mol. The molecule has 0 atom stereocenters. The number of ether oxygens (including phenoxy) is 4. The molecule has 0 aliphatic carbocycles. The maximum atomic E-state index is 11.2. The lowest BCUT2D eigenvalue weighted by atomic mass is 10.1. The van der Waals surface area contributed by atoms with Crippen LogP contribution in [0.2, 0.25) is 0 Å². The molecule has 0 radical (unpaired) electrons. The molecule has 2 aromatic rings. The van der Waals surface area contributed by atoms with Crippen molar-refractivity contribution in [3.8, 4) is 11.5 Å². The zero-order valence-electron chi connectivity index (χ0n) is 16.2. The lowest BCUT2D eigenvalue weighted by Crippen LogP contribution is -2.04. The average Bonchev–Trinajstić information content (AvgIpc) is 2.72. The molecule has 2 aromatic carbocycles. The van der Waals surface area contributed by atoms with Gasteiger partial charge >= 0.3 is 11.9 Å². The summed E-state index contributed by atoms with van der Waals surface area (Å²) in [6.07, 6.45) is 0. The fourth-order valence-electron chi connectivity index (χ4n) is 2.13. The lowest BCUT2D eigenvalue weighted by Gasteiger charge is -2.07. The highest BCUT2D eigenvalue weighted by atomic mass is 79.9. The zero-order chi connectivity index (χ0) is 21.3. The van der Waals surface area contributed by atoms with Crippen molar-refractivity contribution in [2.24, 2.45) is 0 Å². The van der Waals surface area contributed by atoms with Crippen molar-refractivity contribution in [1.82, 2.24) is 0 Å². The van der Waals surface area contributed by atoms with Gasteiger partial charge in [0.15, 0.2) is 5.78 Å². The molecule has 0 spiro atoms. The normalized spacial score (nSPS) is 9.50. The molecular weight excluding hydrogens is 432 g/mol. The van der Waals surface area contributed by atoms with Crippen molar-refractivity contribution in [2.45, 2.75) is 6.92 Å². The van der Waals surface area contributed by atoms with Gasteiger partial charge in [-0.3, -0.25) is 4.79 Å². The van der Waals surface area contributed by atoms with E-state index >= 15 is 0 Å². The second-order valence-corrected chi connectivity index (χ2v) is 6.16. The van der Waals surface area contributed by atoms with Crippen LogP contribution in [0.5, 0.6) is 11.5 Å². The fourth-order valence-corrected chi connectivity index (χ4v) is 2.54. The van der Waals surface area contributed by atoms with E-state index in [2.05, 4.69) is 25.4 Å². The summed E-state index contributed by atoms with van der Waals surface area (Å²) in [5, 5.41) is 0. The van der Waals surface area contributed by atoms with Crippen LogP contribution in [0.15, 0.2) is 40.9 Å². The van der Waals surface area contributed by atoms with Crippen molar-refractivity contribution in [1.29, 1.82) is 0 Å². The van der Waals surface area contributed by atoms with Gasteiger partial charge in [0.05, 0.1) is 49.6 Å². The Bertz CT molecular complexity index is 862. The molecule has 28 heavy (non-hydrogen) atoms. The number of halogens is 1. The van der Waals surface area contributed by atoms with Crippen LogP contribution in [0, 0.1) is 0 Å². The molecule has 150 valence electrons. The maximum absolute atomic E-state index is 11.2. The first kappa shape index (κ1) is 23.2. The number of esters is 2. The van der Waals surface area contributed by atoms with E-state index in [1.165, 1.54) is 40.4 Å². The van der Waals surface area contributed by atoms with Crippen LogP contribution < -0.4 is 9.47 Å². The van der Waals surface area contributed by atoms with E-state index in [0.717, 1.165) is 4.47 Å². The minimum atomic E-state index is -0.455. The summed E-state index contributed by atoms with van der Waals surface area (Å²) < 4.78 is 20.0. The van der Waals surface area contributed by atoms with Gasteiger partial charge in [-0.25, -0.2) is 9.59 Å². The molecule has 2 rings (SSSR count). The number of hydrogen-bond donors (Lipinski definition) is 0. The Morgan fingerprint density at radius 2 is 1.21 bits per heavy atom. The first-order chi connectivity index (χ1) is 13.3. The van der Waals surface area contributed by atoms with E-state index in [9.17, 15) is 14.4 Å². The Morgan fingerprint density at radius 3 is 1.64 bits per heavy atom. The van der Waals surface area contributed by atoms with Gasteiger partial charge in [-0.15, -0.1) is 0 Å². The van der Waals surface area contributed by atoms with Crippen molar-refractivity contribution in [3.05, 3.63) is 57.6 Å². The van der Waals surface area contributed by atoms with Gasteiger partial charge in [-0.1, -0.05) is 0 Å². The van der Waals surface area contributed by atoms with E-state index in [0.29, 0.717) is 28.2 Å². The molecule has 0 heterocycles. The van der Waals surface area contributed by atoms with Gasteiger partial charge < -0.3 is 18.9 Å². The van der Waals surface area contributed by atoms with Gasteiger partial charge in [-0.05, 0) is 59.3 Å². The summed E-state index contributed by atoms with van der Waals surface area (Å²) in [5.74, 6) is 0.0609. The monoisotopic (exact) mass is 452 g/mol. The van der Waals surface area contributed by atoms with Gasteiger partial charge in [-0.2, -0.15) is 0 Å². The molecule has 0 aromatic heterocycles. The molecule has 0 aliphatic heterocycles. The number of carbonyl (C=O) groups excluding carboxylic acids is 3. The molecule has 0 aliphatic rings. The second kappa shape index (κ2) is 11.1. The summed E-state index contributed by atoms with van der Waals surface area (Å²) in [5.41, 5.74) is 1.28. The number of ketones is 1. The van der Waals surface area contributed by atoms with Gasteiger partial charge in [0.1, 0.15) is 11.5 Å². The molecular formula is C20H21BrO7. The third-order valence-corrected chi connectivity index (χ3v) is 4.23. The van der Waals surface area contributed by atoms with Gasteiger partial charge in [0, 0.05) is 0 Å². The van der Waals surface area contributed by atoms with Gasteiger partial charge in [0.25, 0.3) is 0 Å². The molecule has 0 amide bonds.